The third kappa shape index (κ3) is 3.91. The van der Waals surface area contributed by atoms with E-state index in [1.807, 2.05) is 25.1 Å². The van der Waals surface area contributed by atoms with Crippen LogP contribution in [-0.4, -0.2) is 31.1 Å². The van der Waals surface area contributed by atoms with Gasteiger partial charge in [-0.3, -0.25) is 25.2 Å². The van der Waals surface area contributed by atoms with E-state index in [4.69, 9.17) is 9.47 Å². The van der Waals surface area contributed by atoms with Crippen molar-refractivity contribution in [1.29, 1.82) is 0 Å². The Labute approximate surface area is 175 Å². The number of fused-ring (bicyclic) bond motifs is 1. The minimum Gasteiger partial charge on any atom is -0.454 e. The Hall–Kier alpha value is -3.07. The summed E-state index contributed by atoms with van der Waals surface area (Å²) in [7, 11) is 0. The Morgan fingerprint density at radius 2 is 1.90 bits per heavy atom. The molecule has 2 aromatic carbocycles. The van der Waals surface area contributed by atoms with Gasteiger partial charge >= 0.3 is 0 Å². The van der Waals surface area contributed by atoms with Crippen molar-refractivity contribution in [1.82, 2.24) is 10.9 Å². The van der Waals surface area contributed by atoms with Crippen LogP contribution in [0.5, 0.6) is 11.5 Å². The highest BCUT2D eigenvalue weighted by Gasteiger charge is 2.35. The highest BCUT2D eigenvalue weighted by molar-refractivity contribution is 9.10. The number of hydrazine groups is 1. The van der Waals surface area contributed by atoms with E-state index in [0.29, 0.717) is 17.1 Å². The van der Waals surface area contributed by atoms with Crippen molar-refractivity contribution in [3.8, 4) is 11.5 Å². The van der Waals surface area contributed by atoms with Crippen LogP contribution in [0.4, 0.5) is 5.69 Å². The number of carbonyl (C=O) groups excluding carboxylic acids is 3. The molecule has 2 aliphatic rings. The lowest BCUT2D eigenvalue weighted by atomic mass is 10.1. The minimum atomic E-state index is -0.552. The number of nitrogens with zero attached hydrogens (tertiary/aromatic N) is 1. The predicted octanol–water partition coefficient (Wildman–Crippen LogP) is 2.30. The highest BCUT2D eigenvalue weighted by Crippen LogP contribution is 2.32. The van der Waals surface area contributed by atoms with Crippen LogP contribution in [0.15, 0.2) is 40.9 Å². The largest absolute Gasteiger partial charge is 0.454 e. The summed E-state index contributed by atoms with van der Waals surface area (Å²) < 4.78 is 11.4. The molecule has 0 radical (unpaired) electrons. The second kappa shape index (κ2) is 7.75. The standard InChI is InChI=1S/C20H18BrN3O5/c1-11-6-14(3-4-15(11)21)24-9-13(8-18(24)25)20(27)23-22-19(26)12-2-5-16-17(7-12)29-10-28-16/h2-7,13H,8-10H2,1H3,(H,22,26)(H,23,27). The number of amides is 3. The average molecular weight is 460 g/mol. The molecule has 0 saturated carbocycles. The topological polar surface area (TPSA) is 97.0 Å². The number of hydrogen-bond acceptors (Lipinski definition) is 5. The van der Waals surface area contributed by atoms with E-state index >= 15 is 0 Å². The third-order valence-electron chi connectivity index (χ3n) is 4.88. The van der Waals surface area contributed by atoms with E-state index in [2.05, 4.69) is 26.8 Å². The molecule has 29 heavy (non-hydrogen) atoms. The van der Waals surface area contributed by atoms with Crippen LogP contribution in [-0.2, 0) is 9.59 Å². The highest BCUT2D eigenvalue weighted by atomic mass is 79.9. The lowest BCUT2D eigenvalue weighted by molar-refractivity contribution is -0.126. The maximum atomic E-state index is 12.5. The summed E-state index contributed by atoms with van der Waals surface area (Å²) in [5, 5.41) is 0. The average Bonchev–Trinajstić information content (AvgIpc) is 3.33. The molecule has 150 valence electrons. The Morgan fingerprint density at radius 3 is 2.69 bits per heavy atom. The SMILES string of the molecule is Cc1cc(N2CC(C(=O)NNC(=O)c3ccc4c(c3)OCO4)CC2=O)ccc1Br. The molecule has 1 unspecified atom stereocenters. The lowest BCUT2D eigenvalue weighted by Crippen LogP contribution is -2.45. The third-order valence-corrected chi connectivity index (χ3v) is 5.77. The van der Waals surface area contributed by atoms with E-state index in [1.54, 1.807) is 23.1 Å². The number of anilines is 1. The molecule has 1 fully saturated rings. The van der Waals surface area contributed by atoms with Crippen LogP contribution in [0.25, 0.3) is 0 Å². The number of aryl methyl sites for hydroxylation is 1. The van der Waals surface area contributed by atoms with Gasteiger partial charge in [0.15, 0.2) is 11.5 Å². The van der Waals surface area contributed by atoms with Gasteiger partial charge in [0, 0.05) is 28.7 Å². The summed E-state index contributed by atoms with van der Waals surface area (Å²) in [6, 6.07) is 10.3. The van der Waals surface area contributed by atoms with E-state index in [9.17, 15) is 14.4 Å². The number of carbonyl (C=O) groups is 3. The summed E-state index contributed by atoms with van der Waals surface area (Å²) in [4.78, 5) is 38.7. The molecule has 9 heteroatoms. The number of rotatable bonds is 3. The van der Waals surface area contributed by atoms with E-state index in [-0.39, 0.29) is 25.7 Å². The zero-order valence-corrected chi connectivity index (χ0v) is 17.1. The van der Waals surface area contributed by atoms with Crippen molar-refractivity contribution in [2.75, 3.05) is 18.2 Å². The fraction of sp³-hybridized carbons (Fsp3) is 0.250. The minimum absolute atomic E-state index is 0.0842. The summed E-state index contributed by atoms with van der Waals surface area (Å²) in [5.41, 5.74) is 6.86. The Balaban J connectivity index is 1.36. The molecule has 3 amide bonds. The Morgan fingerprint density at radius 1 is 1.10 bits per heavy atom. The molecule has 2 aromatic rings. The van der Waals surface area contributed by atoms with Gasteiger partial charge in [-0.2, -0.15) is 0 Å². The van der Waals surface area contributed by atoms with Crippen LogP contribution in [0.2, 0.25) is 0 Å². The van der Waals surface area contributed by atoms with Crippen molar-refractivity contribution < 1.29 is 23.9 Å². The predicted molar refractivity (Wildman–Crippen MR) is 108 cm³/mol. The number of ether oxygens (including phenoxy) is 2. The molecular weight excluding hydrogens is 442 g/mol. The van der Waals surface area contributed by atoms with Crippen molar-refractivity contribution in [2.45, 2.75) is 13.3 Å². The molecule has 0 bridgehead atoms. The van der Waals surface area contributed by atoms with Gasteiger partial charge in [0.25, 0.3) is 5.91 Å². The first-order chi connectivity index (χ1) is 13.9. The first-order valence-corrected chi connectivity index (χ1v) is 9.78. The first kappa shape index (κ1) is 19.3. The fourth-order valence-corrected chi connectivity index (χ4v) is 3.51. The molecular formula is C20H18BrN3O5. The molecule has 1 saturated heterocycles. The molecule has 8 nitrogen and oxygen atoms in total. The first-order valence-electron chi connectivity index (χ1n) is 8.99. The summed E-state index contributed by atoms with van der Waals surface area (Å²) in [5.74, 6) is -0.535. The number of halogens is 1. The molecule has 0 spiro atoms. The lowest BCUT2D eigenvalue weighted by Gasteiger charge is -2.18. The summed E-state index contributed by atoms with van der Waals surface area (Å²) >= 11 is 3.44. The number of benzene rings is 2. The van der Waals surface area contributed by atoms with Crippen LogP contribution >= 0.6 is 15.9 Å². The van der Waals surface area contributed by atoms with Crippen LogP contribution in [0, 0.1) is 12.8 Å². The second-order valence-electron chi connectivity index (χ2n) is 6.85. The molecule has 0 aliphatic carbocycles. The van der Waals surface area contributed by atoms with Crippen molar-refractivity contribution in [3.05, 3.63) is 52.0 Å². The van der Waals surface area contributed by atoms with Crippen LogP contribution in [0.3, 0.4) is 0 Å². The van der Waals surface area contributed by atoms with E-state index in [0.717, 1.165) is 15.7 Å². The Bertz CT molecular complexity index is 1010. The molecule has 1 atom stereocenters. The smallest absolute Gasteiger partial charge is 0.269 e. The van der Waals surface area contributed by atoms with Gasteiger partial charge in [-0.25, -0.2) is 0 Å². The van der Waals surface area contributed by atoms with Gasteiger partial charge in [0.2, 0.25) is 18.6 Å². The zero-order chi connectivity index (χ0) is 20.5. The van der Waals surface area contributed by atoms with Gasteiger partial charge in [0.1, 0.15) is 0 Å². The van der Waals surface area contributed by atoms with E-state index in [1.165, 1.54) is 0 Å². The summed E-state index contributed by atoms with van der Waals surface area (Å²) in [6.45, 7) is 2.30. The van der Waals surface area contributed by atoms with Crippen LogP contribution in [0.1, 0.15) is 22.3 Å². The monoisotopic (exact) mass is 459 g/mol. The molecule has 2 N–H and O–H groups in total. The number of nitrogens with one attached hydrogen (secondary N) is 2. The molecule has 0 aromatic heterocycles. The van der Waals surface area contributed by atoms with Gasteiger partial charge < -0.3 is 14.4 Å². The van der Waals surface area contributed by atoms with Crippen LogP contribution < -0.4 is 25.2 Å². The van der Waals surface area contributed by atoms with Crippen molar-refractivity contribution in [3.63, 3.8) is 0 Å². The number of hydrogen-bond donors (Lipinski definition) is 2. The van der Waals surface area contributed by atoms with Gasteiger partial charge in [0.05, 0.1) is 5.92 Å². The summed E-state index contributed by atoms with van der Waals surface area (Å²) in [6.07, 6.45) is 0.0842. The molecule has 4 rings (SSSR count). The van der Waals surface area contributed by atoms with E-state index < -0.39 is 17.7 Å². The second-order valence-corrected chi connectivity index (χ2v) is 7.70. The van der Waals surface area contributed by atoms with Crippen molar-refractivity contribution >= 4 is 39.3 Å². The van der Waals surface area contributed by atoms with Gasteiger partial charge in [-0.15, -0.1) is 0 Å². The quantitative estimate of drug-likeness (QED) is 0.686. The zero-order valence-electron chi connectivity index (χ0n) is 15.5. The Kier molecular flexibility index (Phi) is 5.14. The normalized spacial score (nSPS) is 17.4. The molecule has 2 aliphatic heterocycles. The maximum absolute atomic E-state index is 12.5. The maximum Gasteiger partial charge on any atom is 0.269 e. The van der Waals surface area contributed by atoms with Gasteiger partial charge in [-0.05, 0) is 48.9 Å². The fourth-order valence-electron chi connectivity index (χ4n) is 3.26. The van der Waals surface area contributed by atoms with Gasteiger partial charge in [-0.1, -0.05) is 15.9 Å². The molecule has 2 heterocycles. The van der Waals surface area contributed by atoms with Crippen molar-refractivity contribution in [2.24, 2.45) is 5.92 Å².